The van der Waals surface area contributed by atoms with Crippen LogP contribution in [0.2, 0.25) is 10.0 Å². The zero-order chi connectivity index (χ0) is 13.4. The maximum absolute atomic E-state index is 6.28. The average Bonchev–Trinajstić information content (AvgIpc) is 2.37. The molecular weight excluding hydrogens is 269 g/mol. The molecule has 0 fully saturated rings. The smallest absolute Gasteiger partial charge is 0.0640 e. The molecule has 4 heteroatoms. The Morgan fingerprint density at radius 1 is 1.33 bits per heavy atom. The predicted molar refractivity (Wildman–Crippen MR) is 78.6 cm³/mol. The van der Waals surface area contributed by atoms with Gasteiger partial charge in [0.15, 0.2) is 0 Å². The van der Waals surface area contributed by atoms with Gasteiger partial charge in [0.1, 0.15) is 0 Å². The van der Waals surface area contributed by atoms with Crippen LogP contribution in [0.4, 0.5) is 0 Å². The molecule has 0 amide bonds. The Balaban J connectivity index is 2.76. The molecule has 1 atom stereocenters. The SMILES string of the molecule is CCCNC(CCCOC)c1cccc(Cl)c1Cl. The number of nitrogens with one attached hydrogen (secondary N) is 1. The van der Waals surface area contributed by atoms with Crippen LogP contribution in [0.1, 0.15) is 37.8 Å². The third-order valence-corrected chi connectivity index (χ3v) is 3.67. The molecule has 0 saturated carbocycles. The van der Waals surface area contributed by atoms with Gasteiger partial charge in [-0.25, -0.2) is 0 Å². The lowest BCUT2D eigenvalue weighted by molar-refractivity contribution is 0.188. The van der Waals surface area contributed by atoms with E-state index in [1.54, 1.807) is 7.11 Å². The summed E-state index contributed by atoms with van der Waals surface area (Å²) in [7, 11) is 1.72. The highest BCUT2D eigenvalue weighted by molar-refractivity contribution is 6.42. The van der Waals surface area contributed by atoms with E-state index in [4.69, 9.17) is 27.9 Å². The largest absolute Gasteiger partial charge is 0.385 e. The molecule has 18 heavy (non-hydrogen) atoms. The van der Waals surface area contributed by atoms with Crippen molar-refractivity contribution in [3.8, 4) is 0 Å². The Labute approximate surface area is 120 Å². The van der Waals surface area contributed by atoms with E-state index >= 15 is 0 Å². The van der Waals surface area contributed by atoms with Crippen molar-refractivity contribution in [3.05, 3.63) is 33.8 Å². The molecule has 0 radical (unpaired) electrons. The first-order valence-corrected chi connectivity index (χ1v) is 7.12. The second-order valence-corrected chi connectivity index (χ2v) is 5.07. The number of methoxy groups -OCH3 is 1. The van der Waals surface area contributed by atoms with Gasteiger partial charge in [0.05, 0.1) is 10.0 Å². The molecule has 0 aliphatic rings. The van der Waals surface area contributed by atoms with Crippen LogP contribution in [-0.4, -0.2) is 20.3 Å². The van der Waals surface area contributed by atoms with Gasteiger partial charge >= 0.3 is 0 Å². The fraction of sp³-hybridized carbons (Fsp3) is 0.571. The van der Waals surface area contributed by atoms with Crippen molar-refractivity contribution < 1.29 is 4.74 Å². The maximum Gasteiger partial charge on any atom is 0.0640 e. The highest BCUT2D eigenvalue weighted by atomic mass is 35.5. The molecule has 0 spiro atoms. The molecule has 0 bridgehead atoms. The van der Waals surface area contributed by atoms with Gasteiger partial charge in [0.25, 0.3) is 0 Å². The lowest BCUT2D eigenvalue weighted by atomic mass is 10.0. The number of ether oxygens (including phenoxy) is 1. The first-order chi connectivity index (χ1) is 8.70. The monoisotopic (exact) mass is 289 g/mol. The molecule has 0 aromatic heterocycles. The number of hydrogen-bond donors (Lipinski definition) is 1. The fourth-order valence-electron chi connectivity index (χ4n) is 1.91. The van der Waals surface area contributed by atoms with Crippen molar-refractivity contribution in [1.29, 1.82) is 0 Å². The number of benzene rings is 1. The predicted octanol–water partition coefficient (Wildman–Crippen LogP) is 4.46. The highest BCUT2D eigenvalue weighted by Gasteiger charge is 2.15. The van der Waals surface area contributed by atoms with Crippen LogP contribution in [0.25, 0.3) is 0 Å². The molecule has 102 valence electrons. The van der Waals surface area contributed by atoms with Gasteiger partial charge in [-0.05, 0) is 37.4 Å². The van der Waals surface area contributed by atoms with Crippen LogP contribution in [-0.2, 0) is 4.74 Å². The Bertz CT molecular complexity index is 358. The molecule has 0 aliphatic heterocycles. The van der Waals surface area contributed by atoms with E-state index in [-0.39, 0.29) is 6.04 Å². The number of rotatable bonds is 8. The number of halogens is 2. The summed E-state index contributed by atoms with van der Waals surface area (Å²) in [5.74, 6) is 0. The van der Waals surface area contributed by atoms with E-state index in [1.807, 2.05) is 18.2 Å². The molecule has 0 heterocycles. The van der Waals surface area contributed by atoms with Gasteiger partial charge in [-0.3, -0.25) is 0 Å². The summed E-state index contributed by atoms with van der Waals surface area (Å²) in [4.78, 5) is 0. The first-order valence-electron chi connectivity index (χ1n) is 6.37. The van der Waals surface area contributed by atoms with Crippen LogP contribution >= 0.6 is 23.2 Å². The minimum atomic E-state index is 0.242. The topological polar surface area (TPSA) is 21.3 Å². The summed E-state index contributed by atoms with van der Waals surface area (Å²) in [6.07, 6.45) is 3.09. The van der Waals surface area contributed by atoms with Crippen LogP contribution in [0.15, 0.2) is 18.2 Å². The average molecular weight is 290 g/mol. The van der Waals surface area contributed by atoms with Crippen LogP contribution in [0.5, 0.6) is 0 Å². The van der Waals surface area contributed by atoms with E-state index in [0.29, 0.717) is 10.0 Å². The maximum atomic E-state index is 6.28. The van der Waals surface area contributed by atoms with Gasteiger partial charge in [-0.15, -0.1) is 0 Å². The molecular formula is C14H21Cl2NO. The summed E-state index contributed by atoms with van der Waals surface area (Å²) in [5.41, 5.74) is 1.08. The highest BCUT2D eigenvalue weighted by Crippen LogP contribution is 2.31. The zero-order valence-corrected chi connectivity index (χ0v) is 12.5. The summed E-state index contributed by atoms with van der Waals surface area (Å²) in [6.45, 7) is 3.89. The van der Waals surface area contributed by atoms with Crippen LogP contribution in [0, 0.1) is 0 Å². The first kappa shape index (κ1) is 15.8. The number of hydrogen-bond acceptors (Lipinski definition) is 2. The Morgan fingerprint density at radius 2 is 2.11 bits per heavy atom. The Hall–Kier alpha value is -0.280. The van der Waals surface area contributed by atoms with E-state index in [2.05, 4.69) is 12.2 Å². The van der Waals surface area contributed by atoms with E-state index < -0.39 is 0 Å². The second kappa shape index (κ2) is 8.76. The van der Waals surface area contributed by atoms with Crippen molar-refractivity contribution >= 4 is 23.2 Å². The van der Waals surface area contributed by atoms with Gasteiger partial charge in [0, 0.05) is 19.8 Å². The van der Waals surface area contributed by atoms with Crippen molar-refractivity contribution in [2.24, 2.45) is 0 Å². The standard InChI is InChI=1S/C14H21Cl2NO/c1-3-9-17-13(8-5-10-18-2)11-6-4-7-12(15)14(11)16/h4,6-7,13,17H,3,5,8-10H2,1-2H3. The second-order valence-electron chi connectivity index (χ2n) is 4.28. The molecule has 0 aliphatic carbocycles. The van der Waals surface area contributed by atoms with Crippen molar-refractivity contribution in [2.75, 3.05) is 20.3 Å². The van der Waals surface area contributed by atoms with Crippen molar-refractivity contribution in [1.82, 2.24) is 5.32 Å². The molecule has 1 aromatic carbocycles. The van der Waals surface area contributed by atoms with Gasteiger partial charge in [-0.1, -0.05) is 42.3 Å². The molecule has 1 N–H and O–H groups in total. The van der Waals surface area contributed by atoms with Gasteiger partial charge in [0.2, 0.25) is 0 Å². The zero-order valence-electron chi connectivity index (χ0n) is 11.0. The Morgan fingerprint density at radius 3 is 2.78 bits per heavy atom. The van der Waals surface area contributed by atoms with E-state index in [0.717, 1.165) is 38.0 Å². The third kappa shape index (κ3) is 4.77. The normalized spacial score (nSPS) is 12.7. The van der Waals surface area contributed by atoms with E-state index in [9.17, 15) is 0 Å². The quantitative estimate of drug-likeness (QED) is 0.714. The summed E-state index contributed by atoms with van der Waals surface area (Å²) in [6, 6.07) is 6.04. The van der Waals surface area contributed by atoms with Gasteiger partial charge in [-0.2, -0.15) is 0 Å². The summed E-state index contributed by atoms with van der Waals surface area (Å²) >= 11 is 12.3. The molecule has 1 rings (SSSR count). The van der Waals surface area contributed by atoms with Crippen molar-refractivity contribution in [3.63, 3.8) is 0 Å². The fourth-order valence-corrected chi connectivity index (χ4v) is 2.35. The minimum absolute atomic E-state index is 0.242. The van der Waals surface area contributed by atoms with Crippen molar-refractivity contribution in [2.45, 2.75) is 32.2 Å². The van der Waals surface area contributed by atoms with Crippen LogP contribution in [0.3, 0.4) is 0 Å². The molecule has 0 saturated heterocycles. The van der Waals surface area contributed by atoms with E-state index in [1.165, 1.54) is 0 Å². The molecule has 1 aromatic rings. The summed E-state index contributed by atoms with van der Waals surface area (Å²) < 4.78 is 5.10. The van der Waals surface area contributed by atoms with Crippen LogP contribution < -0.4 is 5.32 Å². The van der Waals surface area contributed by atoms with Gasteiger partial charge < -0.3 is 10.1 Å². The lowest BCUT2D eigenvalue weighted by Crippen LogP contribution is -2.22. The third-order valence-electron chi connectivity index (χ3n) is 2.84. The Kier molecular flexibility index (Phi) is 7.68. The molecule has 2 nitrogen and oxygen atoms in total. The minimum Gasteiger partial charge on any atom is -0.385 e. The molecule has 1 unspecified atom stereocenters. The summed E-state index contributed by atoms with van der Waals surface area (Å²) in [5, 5.41) is 4.79. The lowest BCUT2D eigenvalue weighted by Gasteiger charge is -2.20.